The molecule has 0 bridgehead atoms. The van der Waals surface area contributed by atoms with Crippen molar-refractivity contribution in [1.82, 2.24) is 19.5 Å². The lowest BCUT2D eigenvalue weighted by Crippen LogP contribution is -2.04. The summed E-state index contributed by atoms with van der Waals surface area (Å²) < 4.78 is 82.7. The third-order valence-electron chi connectivity index (χ3n) is 10.4. The predicted octanol–water partition coefficient (Wildman–Crippen LogP) is 13.9. The average Bonchev–Trinajstić information content (AvgIpc) is 4.04. The second kappa shape index (κ2) is 12.6. The van der Waals surface area contributed by atoms with Gasteiger partial charge in [-0.15, -0.1) is 11.3 Å². The van der Waals surface area contributed by atoms with Gasteiger partial charge in [0.1, 0.15) is 11.2 Å². The average molecular weight is 755 g/mol. The SMILES string of the molecule is [2H]c1cc([2H])c2sc3c([2H])c4c(c([2H])c3c2c1[2H])c1c([2H])c([2H])cc([2H])c1n4-c1cc(-c2cccc3c2oc2ccccc23)ccc1-c1nc(-c2ccccc2)nc(-c2ccccc2)n1. The summed E-state index contributed by atoms with van der Waals surface area (Å²) in [5, 5.41) is 2.59. The minimum Gasteiger partial charge on any atom is -0.455 e. The van der Waals surface area contributed by atoms with Crippen molar-refractivity contribution in [3.8, 4) is 51.0 Å². The number of hydrogen-bond acceptors (Lipinski definition) is 5. The molecule has 12 aromatic rings. The summed E-state index contributed by atoms with van der Waals surface area (Å²) in [5.74, 6) is 1.12. The van der Waals surface area contributed by atoms with E-state index in [-0.39, 0.29) is 86.7 Å². The van der Waals surface area contributed by atoms with E-state index >= 15 is 0 Å². The van der Waals surface area contributed by atoms with E-state index in [0.717, 1.165) is 49.9 Å². The summed E-state index contributed by atoms with van der Waals surface area (Å²) >= 11 is 1.11. The maximum atomic E-state index is 10.0. The fourth-order valence-electron chi connectivity index (χ4n) is 7.80. The lowest BCUT2D eigenvalue weighted by Gasteiger charge is -2.16. The van der Waals surface area contributed by atoms with Gasteiger partial charge < -0.3 is 8.98 Å². The Kier molecular flexibility index (Phi) is 5.49. The fourth-order valence-corrected chi connectivity index (χ4v) is 8.78. The topological polar surface area (TPSA) is 56.7 Å². The van der Waals surface area contributed by atoms with Crippen LogP contribution >= 0.6 is 11.3 Å². The molecule has 6 heteroatoms. The monoisotopic (exact) mass is 754 g/mol. The molecule has 12 rings (SSSR count). The number of hydrogen-bond donors (Lipinski definition) is 0. The Labute approximate surface area is 342 Å². The van der Waals surface area contributed by atoms with Crippen LogP contribution in [0.1, 0.15) is 11.0 Å². The van der Waals surface area contributed by atoms with Crippen LogP contribution in [-0.4, -0.2) is 19.5 Å². The molecule has 5 nitrogen and oxygen atoms in total. The van der Waals surface area contributed by atoms with Gasteiger partial charge in [-0.3, -0.25) is 0 Å². The van der Waals surface area contributed by atoms with Gasteiger partial charge in [0.05, 0.1) is 27.7 Å². The van der Waals surface area contributed by atoms with E-state index in [2.05, 4.69) is 0 Å². The molecule has 0 saturated carbocycles. The van der Waals surface area contributed by atoms with Crippen molar-refractivity contribution < 1.29 is 15.4 Å². The van der Waals surface area contributed by atoms with Crippen molar-refractivity contribution in [2.75, 3.05) is 0 Å². The first-order valence-corrected chi connectivity index (χ1v) is 19.2. The van der Waals surface area contributed by atoms with Crippen LogP contribution in [0.25, 0.3) is 115 Å². The minimum atomic E-state index is -0.234. The molecule has 0 amide bonds. The maximum absolute atomic E-state index is 10.0. The highest BCUT2D eigenvalue weighted by atomic mass is 32.1. The Morgan fingerprint density at radius 1 is 0.474 bits per heavy atom. The summed E-state index contributed by atoms with van der Waals surface area (Å²) in [6.45, 7) is 0. The van der Waals surface area contributed by atoms with Crippen LogP contribution in [0.5, 0.6) is 0 Å². The van der Waals surface area contributed by atoms with Crippen LogP contribution in [0.3, 0.4) is 0 Å². The number of furan rings is 1. The van der Waals surface area contributed by atoms with Crippen LogP contribution in [0.2, 0.25) is 0 Å². The van der Waals surface area contributed by atoms with Crippen molar-refractivity contribution in [2.24, 2.45) is 0 Å². The van der Waals surface area contributed by atoms with E-state index in [1.807, 2.05) is 121 Å². The molecule has 0 fully saturated rings. The van der Waals surface area contributed by atoms with Gasteiger partial charge in [-0.25, -0.2) is 15.0 Å². The van der Waals surface area contributed by atoms with E-state index < -0.39 is 0 Å². The highest BCUT2D eigenvalue weighted by Crippen LogP contribution is 2.44. The second-order valence-electron chi connectivity index (χ2n) is 13.7. The van der Waals surface area contributed by atoms with Gasteiger partial charge in [-0.05, 0) is 47.9 Å². The molecule has 0 radical (unpaired) electrons. The molecule has 0 aliphatic heterocycles. The van der Waals surface area contributed by atoms with Crippen LogP contribution in [0.15, 0.2) is 186 Å². The molecule has 0 spiro atoms. The van der Waals surface area contributed by atoms with Gasteiger partial charge in [0.15, 0.2) is 17.5 Å². The number of fused-ring (bicyclic) bond motifs is 9. The molecule has 4 aromatic heterocycles. The van der Waals surface area contributed by atoms with Gasteiger partial charge >= 0.3 is 0 Å². The van der Waals surface area contributed by atoms with E-state index in [9.17, 15) is 5.48 Å². The zero-order valence-corrected chi connectivity index (χ0v) is 30.6. The summed E-state index contributed by atoms with van der Waals surface area (Å²) in [7, 11) is 0. The predicted molar refractivity (Wildman–Crippen MR) is 236 cm³/mol. The lowest BCUT2D eigenvalue weighted by atomic mass is 9.99. The van der Waals surface area contributed by atoms with E-state index in [1.165, 1.54) is 12.1 Å². The van der Waals surface area contributed by atoms with Crippen LogP contribution in [-0.2, 0) is 0 Å². The first-order chi connectivity index (χ1) is 31.6. The van der Waals surface area contributed by atoms with Gasteiger partial charge in [0.25, 0.3) is 0 Å². The zero-order valence-electron chi connectivity index (χ0n) is 37.8. The summed E-state index contributed by atoms with van der Waals surface area (Å²) in [4.78, 5) is 15.1. The summed E-state index contributed by atoms with van der Waals surface area (Å²) in [6.07, 6.45) is 0. The molecule has 266 valence electrons. The molecule has 4 heterocycles. The molecule has 0 unspecified atom stereocenters. The Morgan fingerprint density at radius 3 is 1.98 bits per heavy atom. The molecule has 0 N–H and O–H groups in total. The second-order valence-corrected chi connectivity index (χ2v) is 14.7. The van der Waals surface area contributed by atoms with Crippen molar-refractivity contribution in [3.63, 3.8) is 0 Å². The maximum Gasteiger partial charge on any atom is 0.166 e. The number of aromatic nitrogens is 4. The van der Waals surface area contributed by atoms with Gasteiger partial charge in [0.2, 0.25) is 0 Å². The lowest BCUT2D eigenvalue weighted by molar-refractivity contribution is 0.670. The molecule has 8 aromatic carbocycles. The first-order valence-electron chi connectivity index (χ1n) is 22.4. The van der Waals surface area contributed by atoms with E-state index in [1.54, 1.807) is 4.57 Å². The first kappa shape index (κ1) is 24.9. The third-order valence-corrected chi connectivity index (χ3v) is 11.4. The van der Waals surface area contributed by atoms with Gasteiger partial charge in [-0.2, -0.15) is 0 Å². The van der Waals surface area contributed by atoms with Crippen molar-refractivity contribution in [2.45, 2.75) is 0 Å². The number of benzene rings is 8. The zero-order chi connectivity index (χ0) is 44.4. The standard InChI is InChI=1S/C51H30N4OS/c1-3-14-31(15-4-1)49-52-50(32-16-5-2-6-17-32)54-51(53-49)39-27-26-33(34-21-13-22-38-36-19-8-11-24-45(36)56-48(34)38)28-43(39)55-42-23-10-7-18-35(42)40-29-41-37-20-9-12-25-46(37)57-47(41)30-44(40)55/h1-30H/i7D,9D,18D,20D,23D,25D,29D,30D. The Bertz CT molecular complexity index is 3940. The smallest absolute Gasteiger partial charge is 0.166 e. The molecular weight excluding hydrogens is 717 g/mol. The molecule has 0 saturated heterocycles. The number of nitrogens with zero attached hydrogens (tertiary/aromatic N) is 4. The molecule has 57 heavy (non-hydrogen) atoms. The van der Waals surface area contributed by atoms with Gasteiger partial charge in [0, 0.05) is 64.0 Å². The van der Waals surface area contributed by atoms with Gasteiger partial charge in [-0.1, -0.05) is 139 Å². The van der Waals surface area contributed by atoms with Crippen LogP contribution in [0, 0.1) is 0 Å². The Hall–Kier alpha value is -7.41. The minimum absolute atomic E-state index is 0.00881. The summed E-state index contributed by atoms with van der Waals surface area (Å²) in [6, 6.07) is 40.3. The number of rotatable bonds is 5. The number of thiophene rings is 1. The highest BCUT2D eigenvalue weighted by molar-refractivity contribution is 7.25. The Morgan fingerprint density at radius 2 is 1.18 bits per heavy atom. The fraction of sp³-hybridized carbons (Fsp3) is 0. The van der Waals surface area contributed by atoms with Crippen LogP contribution in [0.4, 0.5) is 0 Å². The highest BCUT2D eigenvalue weighted by Gasteiger charge is 2.22. The molecule has 0 atom stereocenters. The number of para-hydroxylation sites is 3. The summed E-state index contributed by atoms with van der Waals surface area (Å²) in [5.41, 5.74) is 5.71. The third kappa shape index (κ3) is 5.04. The van der Waals surface area contributed by atoms with Crippen molar-refractivity contribution in [3.05, 3.63) is 182 Å². The largest absolute Gasteiger partial charge is 0.455 e. The van der Waals surface area contributed by atoms with Crippen molar-refractivity contribution >= 4 is 75.3 Å². The molecule has 0 aliphatic carbocycles. The normalized spacial score (nSPS) is 13.8. The quantitative estimate of drug-likeness (QED) is 0.176. The van der Waals surface area contributed by atoms with Crippen LogP contribution < -0.4 is 0 Å². The Balaban J connectivity index is 1.26. The molecular formula is C51H30N4OS. The van der Waals surface area contributed by atoms with E-state index in [4.69, 9.17) is 24.9 Å². The van der Waals surface area contributed by atoms with E-state index in [0.29, 0.717) is 37.9 Å². The molecule has 0 aliphatic rings. The van der Waals surface area contributed by atoms with Crippen molar-refractivity contribution in [1.29, 1.82) is 0 Å².